The third kappa shape index (κ3) is 3.85. The van der Waals surface area contributed by atoms with Gasteiger partial charge >= 0.3 is 5.97 Å². The zero-order valence-corrected chi connectivity index (χ0v) is 12.8. The highest BCUT2D eigenvalue weighted by atomic mass is 16.6. The highest BCUT2D eigenvalue weighted by Gasteiger charge is 2.30. The summed E-state index contributed by atoms with van der Waals surface area (Å²) in [6, 6.07) is 4.03. The van der Waals surface area contributed by atoms with Crippen LogP contribution in [0.5, 0.6) is 0 Å². The van der Waals surface area contributed by atoms with Gasteiger partial charge in [0.05, 0.1) is 12.0 Å². The maximum Gasteiger partial charge on any atom is 0.330 e. The van der Waals surface area contributed by atoms with Crippen molar-refractivity contribution >= 4 is 29.3 Å². The average Bonchev–Trinajstić information content (AvgIpc) is 2.85. The lowest BCUT2D eigenvalue weighted by Gasteiger charge is -2.13. The molecular weight excluding hydrogens is 302 g/mol. The number of carbonyl (C=O) groups excluding carboxylic acids is 2. The highest BCUT2D eigenvalue weighted by Crippen LogP contribution is 2.28. The number of amides is 1. The molecule has 122 valence electrons. The van der Waals surface area contributed by atoms with E-state index in [1.807, 2.05) is 0 Å². The number of benzene rings is 1. The Morgan fingerprint density at radius 2 is 2.26 bits per heavy atom. The van der Waals surface area contributed by atoms with Crippen LogP contribution >= 0.6 is 0 Å². The van der Waals surface area contributed by atoms with E-state index < -0.39 is 16.9 Å². The maximum absolute atomic E-state index is 11.9. The Hall–Kier alpha value is -2.90. The van der Waals surface area contributed by atoms with Crippen LogP contribution in [0, 0.1) is 10.1 Å². The number of hydrogen-bond donors (Lipinski definition) is 1. The second-order valence-corrected chi connectivity index (χ2v) is 5.14. The van der Waals surface area contributed by atoms with Gasteiger partial charge in [0, 0.05) is 25.7 Å². The SMILES string of the molecule is COC(=O)/C=C/c1ccc(NC2CCN(C)C2=O)c([N+](=O)[O-])c1. The minimum Gasteiger partial charge on any atom is -0.466 e. The number of likely N-dealkylation sites (tertiary alicyclic amines) is 1. The number of nitro groups is 1. The van der Waals surface area contributed by atoms with Gasteiger partial charge in [-0.15, -0.1) is 0 Å². The van der Waals surface area contributed by atoms with Gasteiger partial charge in [-0.2, -0.15) is 0 Å². The van der Waals surface area contributed by atoms with Crippen LogP contribution in [0.15, 0.2) is 24.3 Å². The van der Waals surface area contributed by atoms with E-state index in [2.05, 4.69) is 10.1 Å². The summed E-state index contributed by atoms with van der Waals surface area (Å²) < 4.78 is 4.47. The van der Waals surface area contributed by atoms with Gasteiger partial charge in [0.1, 0.15) is 11.7 Å². The first-order valence-electron chi connectivity index (χ1n) is 6.98. The van der Waals surface area contributed by atoms with Crippen molar-refractivity contribution in [3.8, 4) is 0 Å². The molecule has 1 saturated heterocycles. The number of rotatable bonds is 5. The lowest BCUT2D eigenvalue weighted by Crippen LogP contribution is -2.31. The molecule has 0 aliphatic carbocycles. The molecule has 0 radical (unpaired) electrons. The van der Waals surface area contributed by atoms with Gasteiger partial charge in [-0.1, -0.05) is 6.07 Å². The van der Waals surface area contributed by atoms with Crippen molar-refractivity contribution in [2.75, 3.05) is 26.0 Å². The predicted octanol–water partition coefficient (Wildman–Crippen LogP) is 1.42. The van der Waals surface area contributed by atoms with E-state index in [1.54, 1.807) is 18.0 Å². The molecule has 1 aliphatic rings. The quantitative estimate of drug-likeness (QED) is 0.381. The maximum atomic E-state index is 11.9. The second kappa shape index (κ2) is 6.91. The number of anilines is 1. The lowest BCUT2D eigenvalue weighted by atomic mass is 10.1. The summed E-state index contributed by atoms with van der Waals surface area (Å²) in [5, 5.41) is 14.2. The standard InChI is InChI=1S/C15H17N3O5/c1-17-8-7-12(15(17)20)16-11-5-3-10(4-6-14(19)23-2)9-13(11)18(21)22/h3-6,9,12,16H,7-8H2,1-2H3/b6-4+. The van der Waals surface area contributed by atoms with Crippen LogP contribution in [0.4, 0.5) is 11.4 Å². The first-order valence-corrected chi connectivity index (χ1v) is 6.98. The van der Waals surface area contributed by atoms with Crippen molar-refractivity contribution in [3.63, 3.8) is 0 Å². The van der Waals surface area contributed by atoms with E-state index in [1.165, 1.54) is 31.4 Å². The fraction of sp³-hybridized carbons (Fsp3) is 0.333. The number of carbonyl (C=O) groups is 2. The third-order valence-corrected chi connectivity index (χ3v) is 3.59. The minimum atomic E-state index is -0.547. The summed E-state index contributed by atoms with van der Waals surface area (Å²) in [6.45, 7) is 0.615. The van der Waals surface area contributed by atoms with Crippen LogP contribution in [0.3, 0.4) is 0 Å². The average molecular weight is 319 g/mol. The van der Waals surface area contributed by atoms with Crippen molar-refractivity contribution in [2.24, 2.45) is 0 Å². The first-order chi connectivity index (χ1) is 10.9. The Morgan fingerprint density at radius 3 is 2.83 bits per heavy atom. The molecule has 1 aromatic carbocycles. The van der Waals surface area contributed by atoms with E-state index in [0.29, 0.717) is 18.5 Å². The first kappa shape index (κ1) is 16.5. The molecule has 0 bridgehead atoms. The summed E-state index contributed by atoms with van der Waals surface area (Å²) in [5.74, 6) is -0.636. The van der Waals surface area contributed by atoms with Crippen LogP contribution in [0.2, 0.25) is 0 Å². The van der Waals surface area contributed by atoms with Crippen LogP contribution in [-0.4, -0.2) is 48.4 Å². The molecule has 1 aromatic rings. The van der Waals surface area contributed by atoms with Crippen LogP contribution in [0.25, 0.3) is 6.08 Å². The van der Waals surface area contributed by atoms with Crippen LogP contribution in [-0.2, 0) is 14.3 Å². The van der Waals surface area contributed by atoms with Gasteiger partial charge in [-0.25, -0.2) is 4.79 Å². The van der Waals surface area contributed by atoms with Crippen LogP contribution < -0.4 is 5.32 Å². The second-order valence-electron chi connectivity index (χ2n) is 5.14. The Morgan fingerprint density at radius 1 is 1.52 bits per heavy atom. The Kier molecular flexibility index (Phi) is 4.95. The summed E-state index contributed by atoms with van der Waals surface area (Å²) in [4.78, 5) is 35.3. The molecule has 0 saturated carbocycles. The van der Waals surface area contributed by atoms with Gasteiger partial charge in [0.2, 0.25) is 5.91 Å². The number of nitro benzene ring substituents is 1. The molecule has 1 fully saturated rings. The number of nitrogens with zero attached hydrogens (tertiary/aromatic N) is 2. The molecule has 23 heavy (non-hydrogen) atoms. The fourth-order valence-electron chi connectivity index (χ4n) is 2.30. The molecule has 1 atom stereocenters. The minimum absolute atomic E-state index is 0.0889. The molecule has 8 nitrogen and oxygen atoms in total. The number of likely N-dealkylation sites (N-methyl/N-ethyl adjacent to an activating group) is 1. The third-order valence-electron chi connectivity index (χ3n) is 3.59. The number of ether oxygens (including phenoxy) is 1. The zero-order chi connectivity index (χ0) is 17.0. The highest BCUT2D eigenvalue weighted by molar-refractivity contribution is 5.88. The Bertz CT molecular complexity index is 671. The van der Waals surface area contributed by atoms with E-state index >= 15 is 0 Å². The number of nitrogens with one attached hydrogen (secondary N) is 1. The normalized spacial score (nSPS) is 17.6. The largest absolute Gasteiger partial charge is 0.466 e. The topological polar surface area (TPSA) is 102 Å². The van der Waals surface area contributed by atoms with E-state index in [9.17, 15) is 19.7 Å². The van der Waals surface area contributed by atoms with E-state index in [0.717, 1.165) is 0 Å². The number of methoxy groups -OCH3 is 1. The molecule has 2 rings (SSSR count). The zero-order valence-electron chi connectivity index (χ0n) is 12.8. The van der Waals surface area contributed by atoms with Gasteiger partial charge in [-0.05, 0) is 24.1 Å². The van der Waals surface area contributed by atoms with Gasteiger partial charge < -0.3 is 15.0 Å². The monoisotopic (exact) mass is 319 g/mol. The van der Waals surface area contributed by atoms with E-state index in [4.69, 9.17) is 0 Å². The molecular formula is C15H17N3O5. The number of esters is 1. The Balaban J connectivity index is 2.23. The molecule has 8 heteroatoms. The smallest absolute Gasteiger partial charge is 0.330 e. The van der Waals surface area contributed by atoms with E-state index in [-0.39, 0.29) is 17.3 Å². The predicted molar refractivity (Wildman–Crippen MR) is 83.8 cm³/mol. The van der Waals surface area contributed by atoms with Crippen molar-refractivity contribution in [2.45, 2.75) is 12.5 Å². The Labute approximate surface area is 132 Å². The molecule has 1 aliphatic heterocycles. The van der Waals surface area contributed by atoms with Gasteiger partial charge in [0.15, 0.2) is 0 Å². The van der Waals surface area contributed by atoms with Crippen molar-refractivity contribution in [1.29, 1.82) is 0 Å². The molecule has 1 unspecified atom stereocenters. The summed E-state index contributed by atoms with van der Waals surface area (Å²) in [7, 11) is 2.94. The van der Waals surface area contributed by atoms with Gasteiger partial charge in [-0.3, -0.25) is 14.9 Å². The molecule has 0 aromatic heterocycles. The summed E-state index contributed by atoms with van der Waals surface area (Å²) in [6.07, 6.45) is 3.20. The molecule has 1 amide bonds. The fourth-order valence-corrected chi connectivity index (χ4v) is 2.30. The lowest BCUT2D eigenvalue weighted by molar-refractivity contribution is -0.384. The van der Waals surface area contributed by atoms with Gasteiger partial charge in [0.25, 0.3) is 5.69 Å². The molecule has 1 heterocycles. The number of hydrogen-bond acceptors (Lipinski definition) is 6. The van der Waals surface area contributed by atoms with Crippen molar-refractivity contribution < 1.29 is 19.2 Å². The van der Waals surface area contributed by atoms with Crippen LogP contribution in [0.1, 0.15) is 12.0 Å². The van der Waals surface area contributed by atoms with Crippen molar-refractivity contribution in [1.82, 2.24) is 4.90 Å². The molecule has 1 N–H and O–H groups in total. The summed E-state index contributed by atoms with van der Waals surface area (Å²) in [5.41, 5.74) is 0.612. The summed E-state index contributed by atoms with van der Waals surface area (Å²) >= 11 is 0. The van der Waals surface area contributed by atoms with Crippen molar-refractivity contribution in [3.05, 3.63) is 40.0 Å². The molecule has 0 spiro atoms.